The van der Waals surface area contributed by atoms with Crippen LogP contribution in [0.15, 0.2) is 47.5 Å². The van der Waals surface area contributed by atoms with Gasteiger partial charge in [0.1, 0.15) is 0 Å². The predicted molar refractivity (Wildman–Crippen MR) is 62.5 cm³/mol. The van der Waals surface area contributed by atoms with E-state index in [1.54, 1.807) is 6.34 Å². The third-order valence-corrected chi connectivity index (χ3v) is 2.45. The largest absolute Gasteiger partial charge is 0.346 e. The van der Waals surface area contributed by atoms with E-state index in [9.17, 15) is 0 Å². The molecule has 0 aromatic heterocycles. The minimum atomic E-state index is 0.978. The van der Waals surface area contributed by atoms with Gasteiger partial charge in [-0.05, 0) is 18.2 Å². The molecule has 0 fully saturated rings. The Labute approximate surface area is 88.3 Å². The molecule has 0 saturated carbocycles. The van der Waals surface area contributed by atoms with Crippen molar-refractivity contribution in [1.82, 2.24) is 0 Å². The van der Waals surface area contributed by atoms with Gasteiger partial charge < -0.3 is 5.32 Å². The Kier molecular flexibility index (Phi) is 1.78. The number of aliphatic imine (C=N–C) groups is 1. The smallest absolute Gasteiger partial charge is 0.0930 e. The lowest BCUT2D eigenvalue weighted by molar-refractivity contribution is 1.54. The lowest BCUT2D eigenvalue weighted by Crippen LogP contribution is -1.93. The SMILES string of the molecule is [c]1cccc2c1-c1ccccc1N=CN2. The zero-order valence-corrected chi connectivity index (χ0v) is 8.07. The number of anilines is 1. The highest BCUT2D eigenvalue weighted by atomic mass is 15.0. The number of nitrogens with zero attached hydrogens (tertiary/aromatic N) is 1. The maximum absolute atomic E-state index is 4.35. The number of hydrogen-bond donors (Lipinski definition) is 1. The molecule has 0 unspecified atom stereocenters. The average molecular weight is 193 g/mol. The van der Waals surface area contributed by atoms with E-state index in [1.165, 1.54) is 0 Å². The van der Waals surface area contributed by atoms with Crippen LogP contribution in [0, 0.1) is 6.07 Å². The summed E-state index contributed by atoms with van der Waals surface area (Å²) in [5, 5.41) is 3.15. The summed E-state index contributed by atoms with van der Waals surface area (Å²) in [5.74, 6) is 0. The van der Waals surface area contributed by atoms with Crippen LogP contribution in [0.25, 0.3) is 11.1 Å². The van der Waals surface area contributed by atoms with Crippen LogP contribution in [0.5, 0.6) is 0 Å². The number of para-hydroxylation sites is 1. The lowest BCUT2D eigenvalue weighted by atomic mass is 10.0. The van der Waals surface area contributed by atoms with Crippen LogP contribution in [0.3, 0.4) is 0 Å². The first kappa shape index (κ1) is 8.24. The topological polar surface area (TPSA) is 24.4 Å². The highest BCUT2D eigenvalue weighted by molar-refractivity contribution is 5.94. The lowest BCUT2D eigenvalue weighted by Gasteiger charge is -2.06. The molecule has 15 heavy (non-hydrogen) atoms. The second kappa shape index (κ2) is 3.24. The summed E-state index contributed by atoms with van der Waals surface area (Å²) < 4.78 is 0. The standard InChI is InChI=1S/C13H9N2/c1-3-7-12-10(5-1)11-6-2-4-8-13(11)15-9-14-12/h1-5,7-9H,(H,14,15). The van der Waals surface area contributed by atoms with Gasteiger partial charge >= 0.3 is 0 Å². The maximum Gasteiger partial charge on any atom is 0.0930 e. The molecule has 0 amide bonds. The van der Waals surface area contributed by atoms with Crippen molar-refractivity contribution in [2.24, 2.45) is 4.99 Å². The Morgan fingerprint density at radius 1 is 1.07 bits per heavy atom. The maximum atomic E-state index is 4.35. The molecule has 1 aliphatic rings. The van der Waals surface area contributed by atoms with Gasteiger partial charge in [-0.1, -0.05) is 30.3 Å². The van der Waals surface area contributed by atoms with Gasteiger partial charge in [-0.15, -0.1) is 0 Å². The molecule has 2 aromatic rings. The first-order chi connectivity index (χ1) is 7.45. The molecule has 0 saturated heterocycles. The van der Waals surface area contributed by atoms with Crippen LogP contribution in [-0.2, 0) is 0 Å². The van der Waals surface area contributed by atoms with Crippen molar-refractivity contribution in [3.63, 3.8) is 0 Å². The fraction of sp³-hybridized carbons (Fsp3) is 0. The van der Waals surface area contributed by atoms with Gasteiger partial charge in [0.25, 0.3) is 0 Å². The van der Waals surface area contributed by atoms with E-state index in [2.05, 4.69) is 22.4 Å². The van der Waals surface area contributed by atoms with Crippen molar-refractivity contribution >= 4 is 17.7 Å². The predicted octanol–water partition coefficient (Wildman–Crippen LogP) is 3.24. The van der Waals surface area contributed by atoms with Crippen molar-refractivity contribution in [1.29, 1.82) is 0 Å². The molecule has 1 radical (unpaired) electrons. The molecule has 3 rings (SSSR count). The minimum absolute atomic E-state index is 0.978. The molecule has 2 heteroatoms. The molecule has 1 heterocycles. The molecule has 0 bridgehead atoms. The summed E-state index contributed by atoms with van der Waals surface area (Å²) in [4.78, 5) is 4.35. The Morgan fingerprint density at radius 2 is 2.00 bits per heavy atom. The van der Waals surface area contributed by atoms with E-state index >= 15 is 0 Å². The molecule has 0 atom stereocenters. The van der Waals surface area contributed by atoms with Gasteiger partial charge in [-0.3, -0.25) is 0 Å². The molecule has 71 valence electrons. The van der Waals surface area contributed by atoms with Gasteiger partial charge in [0.15, 0.2) is 0 Å². The van der Waals surface area contributed by atoms with E-state index in [0.29, 0.717) is 0 Å². The minimum Gasteiger partial charge on any atom is -0.346 e. The van der Waals surface area contributed by atoms with Gasteiger partial charge in [0.2, 0.25) is 0 Å². The summed E-state index contributed by atoms with van der Waals surface area (Å²) in [7, 11) is 0. The second-order valence-corrected chi connectivity index (χ2v) is 3.38. The number of rotatable bonds is 0. The number of benzene rings is 2. The Balaban J connectivity index is 2.33. The highest BCUT2D eigenvalue weighted by Gasteiger charge is 2.10. The van der Waals surface area contributed by atoms with Gasteiger partial charge in [0.05, 0.1) is 12.0 Å². The van der Waals surface area contributed by atoms with E-state index < -0.39 is 0 Å². The third kappa shape index (κ3) is 1.31. The molecule has 0 spiro atoms. The number of nitrogens with one attached hydrogen (secondary N) is 1. The molecular weight excluding hydrogens is 184 g/mol. The number of fused-ring (bicyclic) bond motifs is 3. The van der Waals surface area contributed by atoms with E-state index in [-0.39, 0.29) is 0 Å². The quantitative estimate of drug-likeness (QED) is 0.682. The van der Waals surface area contributed by atoms with Crippen molar-refractivity contribution in [2.75, 3.05) is 5.32 Å². The van der Waals surface area contributed by atoms with Crippen LogP contribution in [-0.4, -0.2) is 6.34 Å². The van der Waals surface area contributed by atoms with E-state index in [4.69, 9.17) is 0 Å². The van der Waals surface area contributed by atoms with Crippen LogP contribution in [0.4, 0.5) is 11.4 Å². The summed E-state index contributed by atoms with van der Waals surface area (Å²) in [6.07, 6.45) is 1.72. The first-order valence-electron chi connectivity index (χ1n) is 4.84. The summed E-state index contributed by atoms with van der Waals surface area (Å²) in [6, 6.07) is 17.2. The number of hydrogen-bond acceptors (Lipinski definition) is 2. The first-order valence-corrected chi connectivity index (χ1v) is 4.84. The molecule has 1 N–H and O–H groups in total. The van der Waals surface area contributed by atoms with Crippen molar-refractivity contribution in [2.45, 2.75) is 0 Å². The second-order valence-electron chi connectivity index (χ2n) is 3.38. The molecule has 2 aromatic carbocycles. The van der Waals surface area contributed by atoms with Gasteiger partial charge in [0, 0.05) is 16.8 Å². The van der Waals surface area contributed by atoms with E-state index in [0.717, 1.165) is 22.5 Å². The van der Waals surface area contributed by atoms with Crippen LogP contribution in [0.1, 0.15) is 0 Å². The zero-order chi connectivity index (χ0) is 10.1. The Bertz CT molecular complexity index is 530. The monoisotopic (exact) mass is 193 g/mol. The molecule has 0 aliphatic carbocycles. The summed E-state index contributed by atoms with van der Waals surface area (Å²) in [6.45, 7) is 0. The van der Waals surface area contributed by atoms with Crippen molar-refractivity contribution in [3.8, 4) is 11.1 Å². The van der Waals surface area contributed by atoms with Crippen LogP contribution < -0.4 is 5.32 Å². The Hall–Kier alpha value is -2.09. The van der Waals surface area contributed by atoms with Crippen LogP contribution >= 0.6 is 0 Å². The van der Waals surface area contributed by atoms with Crippen molar-refractivity contribution in [3.05, 3.63) is 48.5 Å². The van der Waals surface area contributed by atoms with Gasteiger partial charge in [-0.25, -0.2) is 4.99 Å². The normalized spacial score (nSPS) is 12.3. The molecule has 2 nitrogen and oxygen atoms in total. The third-order valence-electron chi connectivity index (χ3n) is 2.45. The van der Waals surface area contributed by atoms with E-state index in [1.807, 2.05) is 36.4 Å². The highest BCUT2D eigenvalue weighted by Crippen LogP contribution is 2.35. The van der Waals surface area contributed by atoms with Crippen molar-refractivity contribution < 1.29 is 0 Å². The fourth-order valence-electron chi connectivity index (χ4n) is 1.75. The van der Waals surface area contributed by atoms with Crippen LogP contribution in [0.2, 0.25) is 0 Å². The molecular formula is C13H9N2. The summed E-state index contributed by atoms with van der Waals surface area (Å²) >= 11 is 0. The summed E-state index contributed by atoms with van der Waals surface area (Å²) in [5.41, 5.74) is 4.22. The zero-order valence-electron chi connectivity index (χ0n) is 8.07. The fourth-order valence-corrected chi connectivity index (χ4v) is 1.75. The molecule has 1 aliphatic heterocycles. The average Bonchev–Trinajstić information content (AvgIpc) is 2.48. The van der Waals surface area contributed by atoms with Gasteiger partial charge in [-0.2, -0.15) is 0 Å². The Morgan fingerprint density at radius 3 is 3.00 bits per heavy atom.